The second-order valence-corrected chi connectivity index (χ2v) is 6.96. The lowest BCUT2D eigenvalue weighted by molar-refractivity contribution is -0.122. The SMILES string of the molecule is Cc1ccc(CCNC(=O)CCN2C(=O)C(C)(C)c3ccccc32)o1. The van der Waals surface area contributed by atoms with Gasteiger partial charge in [-0.2, -0.15) is 0 Å². The van der Waals surface area contributed by atoms with Crippen LogP contribution in [-0.2, 0) is 21.4 Å². The van der Waals surface area contributed by atoms with Crippen molar-refractivity contribution in [1.29, 1.82) is 0 Å². The van der Waals surface area contributed by atoms with E-state index in [4.69, 9.17) is 4.42 Å². The van der Waals surface area contributed by atoms with Crippen LogP contribution in [0.1, 0.15) is 37.4 Å². The molecule has 0 saturated carbocycles. The van der Waals surface area contributed by atoms with Crippen molar-refractivity contribution in [3.8, 4) is 0 Å². The summed E-state index contributed by atoms with van der Waals surface area (Å²) in [5.74, 6) is 1.73. The van der Waals surface area contributed by atoms with E-state index in [1.54, 1.807) is 4.90 Å². The molecular weight excluding hydrogens is 316 g/mol. The molecule has 5 heteroatoms. The summed E-state index contributed by atoms with van der Waals surface area (Å²) in [7, 11) is 0. The van der Waals surface area contributed by atoms with Crippen molar-refractivity contribution < 1.29 is 14.0 Å². The predicted octanol–water partition coefficient (Wildman–Crippen LogP) is 2.96. The molecule has 1 aromatic carbocycles. The first kappa shape index (κ1) is 17.3. The van der Waals surface area contributed by atoms with Crippen LogP contribution in [0.25, 0.3) is 0 Å². The highest BCUT2D eigenvalue weighted by Crippen LogP contribution is 2.41. The molecule has 0 spiro atoms. The number of para-hydroxylation sites is 1. The number of benzene rings is 1. The standard InChI is InChI=1S/C20H24N2O3/c1-14-8-9-15(25-14)10-12-21-18(23)11-13-22-17-7-5-4-6-16(17)20(2,3)19(22)24/h4-9H,10-13H2,1-3H3,(H,21,23). The summed E-state index contributed by atoms with van der Waals surface area (Å²) in [6.45, 7) is 6.68. The normalized spacial score (nSPS) is 15.3. The molecule has 132 valence electrons. The Morgan fingerprint density at radius 2 is 1.96 bits per heavy atom. The molecule has 0 atom stereocenters. The van der Waals surface area contributed by atoms with Gasteiger partial charge in [0, 0.05) is 31.6 Å². The van der Waals surface area contributed by atoms with Crippen molar-refractivity contribution in [3.05, 3.63) is 53.5 Å². The molecule has 0 bridgehead atoms. The number of carbonyl (C=O) groups is 2. The number of amides is 2. The van der Waals surface area contributed by atoms with Gasteiger partial charge in [0.1, 0.15) is 11.5 Å². The Kier molecular flexibility index (Phi) is 4.66. The van der Waals surface area contributed by atoms with E-state index in [0.29, 0.717) is 19.5 Å². The van der Waals surface area contributed by atoms with Crippen LogP contribution in [0.15, 0.2) is 40.8 Å². The molecule has 0 fully saturated rings. The van der Waals surface area contributed by atoms with Gasteiger partial charge in [0.25, 0.3) is 0 Å². The number of fused-ring (bicyclic) bond motifs is 1. The second-order valence-electron chi connectivity index (χ2n) is 6.96. The van der Waals surface area contributed by atoms with Crippen molar-refractivity contribution in [3.63, 3.8) is 0 Å². The average molecular weight is 340 g/mol. The van der Waals surface area contributed by atoms with E-state index in [9.17, 15) is 9.59 Å². The number of aryl methyl sites for hydroxylation is 1. The Hall–Kier alpha value is -2.56. The molecule has 0 radical (unpaired) electrons. The van der Waals surface area contributed by atoms with E-state index < -0.39 is 5.41 Å². The highest BCUT2D eigenvalue weighted by Gasteiger charge is 2.43. The first-order valence-electron chi connectivity index (χ1n) is 8.63. The molecule has 0 saturated heterocycles. The third kappa shape index (κ3) is 3.45. The lowest BCUT2D eigenvalue weighted by atomic mass is 9.86. The van der Waals surface area contributed by atoms with Gasteiger partial charge < -0.3 is 14.6 Å². The zero-order chi connectivity index (χ0) is 18.0. The smallest absolute Gasteiger partial charge is 0.237 e. The van der Waals surface area contributed by atoms with Crippen molar-refractivity contribution in [1.82, 2.24) is 5.32 Å². The third-order valence-electron chi connectivity index (χ3n) is 4.70. The highest BCUT2D eigenvalue weighted by atomic mass is 16.3. The molecule has 1 N–H and O–H groups in total. The summed E-state index contributed by atoms with van der Waals surface area (Å²) in [5.41, 5.74) is 1.40. The van der Waals surface area contributed by atoms with Gasteiger partial charge in [-0.1, -0.05) is 18.2 Å². The number of nitrogens with zero attached hydrogens (tertiary/aromatic N) is 1. The maximum Gasteiger partial charge on any atom is 0.237 e. The minimum Gasteiger partial charge on any atom is -0.466 e. The number of furan rings is 1. The quantitative estimate of drug-likeness (QED) is 0.879. The maximum atomic E-state index is 12.7. The lowest BCUT2D eigenvalue weighted by Crippen LogP contribution is -2.38. The van der Waals surface area contributed by atoms with Gasteiger partial charge in [0.15, 0.2) is 0 Å². The number of carbonyl (C=O) groups excluding carboxylic acids is 2. The van der Waals surface area contributed by atoms with Gasteiger partial charge in [-0.15, -0.1) is 0 Å². The molecule has 2 amide bonds. The minimum atomic E-state index is -0.537. The van der Waals surface area contributed by atoms with Crippen LogP contribution >= 0.6 is 0 Å². The Labute approximate surface area is 148 Å². The summed E-state index contributed by atoms with van der Waals surface area (Å²) in [5, 5.41) is 2.89. The number of hydrogen-bond donors (Lipinski definition) is 1. The zero-order valence-corrected chi connectivity index (χ0v) is 15.0. The van der Waals surface area contributed by atoms with Gasteiger partial charge in [0.05, 0.1) is 5.41 Å². The van der Waals surface area contributed by atoms with Crippen LogP contribution in [0.3, 0.4) is 0 Å². The molecule has 0 unspecified atom stereocenters. The fourth-order valence-corrected chi connectivity index (χ4v) is 3.27. The van der Waals surface area contributed by atoms with Crippen LogP contribution in [0.5, 0.6) is 0 Å². The fourth-order valence-electron chi connectivity index (χ4n) is 3.27. The van der Waals surface area contributed by atoms with Gasteiger partial charge in [-0.05, 0) is 44.5 Å². The topological polar surface area (TPSA) is 62.6 Å². The molecule has 2 heterocycles. The number of nitrogens with one attached hydrogen (secondary N) is 1. The number of anilines is 1. The van der Waals surface area contributed by atoms with Crippen LogP contribution in [0.2, 0.25) is 0 Å². The molecule has 0 aliphatic carbocycles. The van der Waals surface area contributed by atoms with Gasteiger partial charge >= 0.3 is 0 Å². The third-order valence-corrected chi connectivity index (χ3v) is 4.70. The largest absolute Gasteiger partial charge is 0.466 e. The van der Waals surface area contributed by atoms with Crippen molar-refractivity contribution in [2.75, 3.05) is 18.0 Å². The van der Waals surface area contributed by atoms with E-state index in [1.807, 2.05) is 57.2 Å². The van der Waals surface area contributed by atoms with Crippen LogP contribution in [-0.4, -0.2) is 24.9 Å². The molecule has 3 rings (SSSR count). The Morgan fingerprint density at radius 1 is 1.20 bits per heavy atom. The lowest BCUT2D eigenvalue weighted by Gasteiger charge is -2.20. The van der Waals surface area contributed by atoms with E-state index in [1.165, 1.54) is 0 Å². The van der Waals surface area contributed by atoms with Gasteiger partial charge in [0.2, 0.25) is 11.8 Å². The highest BCUT2D eigenvalue weighted by molar-refractivity contribution is 6.07. The molecule has 1 aromatic heterocycles. The van der Waals surface area contributed by atoms with Crippen LogP contribution < -0.4 is 10.2 Å². The Morgan fingerprint density at radius 3 is 2.68 bits per heavy atom. The van der Waals surface area contributed by atoms with E-state index in [2.05, 4.69) is 5.32 Å². The predicted molar refractivity (Wildman–Crippen MR) is 96.6 cm³/mol. The van der Waals surface area contributed by atoms with Gasteiger partial charge in [-0.25, -0.2) is 0 Å². The van der Waals surface area contributed by atoms with Gasteiger partial charge in [-0.3, -0.25) is 9.59 Å². The first-order chi connectivity index (χ1) is 11.9. The Balaban J connectivity index is 1.53. The van der Waals surface area contributed by atoms with Crippen molar-refractivity contribution >= 4 is 17.5 Å². The van der Waals surface area contributed by atoms with E-state index in [-0.39, 0.29) is 18.2 Å². The van der Waals surface area contributed by atoms with Crippen molar-refractivity contribution in [2.45, 2.75) is 39.0 Å². The van der Waals surface area contributed by atoms with E-state index in [0.717, 1.165) is 22.8 Å². The minimum absolute atomic E-state index is 0.0487. The molecule has 1 aliphatic heterocycles. The molecule has 1 aliphatic rings. The summed E-state index contributed by atoms with van der Waals surface area (Å²) >= 11 is 0. The fraction of sp³-hybridized carbons (Fsp3) is 0.400. The monoisotopic (exact) mass is 340 g/mol. The summed E-state index contributed by atoms with van der Waals surface area (Å²) < 4.78 is 5.48. The van der Waals surface area contributed by atoms with Crippen molar-refractivity contribution in [2.24, 2.45) is 0 Å². The molecule has 25 heavy (non-hydrogen) atoms. The van der Waals surface area contributed by atoms with Crippen LogP contribution in [0.4, 0.5) is 5.69 Å². The Bertz CT molecular complexity index is 792. The second kappa shape index (κ2) is 6.75. The maximum absolute atomic E-state index is 12.7. The van der Waals surface area contributed by atoms with Crippen LogP contribution in [0, 0.1) is 6.92 Å². The summed E-state index contributed by atoms with van der Waals surface area (Å²) in [6, 6.07) is 11.6. The average Bonchev–Trinajstić information content (AvgIpc) is 3.07. The number of hydrogen-bond acceptors (Lipinski definition) is 3. The number of rotatable bonds is 6. The molecule has 2 aromatic rings. The first-order valence-corrected chi connectivity index (χ1v) is 8.63. The molecular formula is C20H24N2O3. The summed E-state index contributed by atoms with van der Waals surface area (Å²) in [4.78, 5) is 26.5. The van der Waals surface area contributed by atoms with E-state index >= 15 is 0 Å². The molecule has 5 nitrogen and oxygen atoms in total. The summed E-state index contributed by atoms with van der Waals surface area (Å²) in [6.07, 6.45) is 0.950. The zero-order valence-electron chi connectivity index (χ0n) is 15.0.